The molecule has 0 spiro atoms. The summed E-state index contributed by atoms with van der Waals surface area (Å²) in [6, 6.07) is 8.08. The van der Waals surface area contributed by atoms with Gasteiger partial charge in [-0.05, 0) is 33.6 Å². The summed E-state index contributed by atoms with van der Waals surface area (Å²) in [4.78, 5) is 0. The van der Waals surface area contributed by atoms with Gasteiger partial charge in [-0.3, -0.25) is 0 Å². The molecule has 0 amide bonds. The fraction of sp³-hybridized carbons (Fsp3) is 0.100. The molecule has 1 aromatic rings. The minimum absolute atomic E-state index is 0.710. The van der Waals surface area contributed by atoms with Gasteiger partial charge >= 0.3 is 0 Å². The Bertz CT molecular complexity index is 330. The van der Waals surface area contributed by atoms with Crippen LogP contribution in [-0.2, 0) is 5.33 Å². The van der Waals surface area contributed by atoms with Crippen molar-refractivity contribution in [2.45, 2.75) is 5.33 Å². The maximum Gasteiger partial charge on any atom is 0.0511 e. The zero-order chi connectivity index (χ0) is 10.4. The number of anilines is 1. The molecule has 74 valence electrons. The molecule has 0 atom stereocenters. The second-order valence-corrected chi connectivity index (χ2v) is 4.12. The number of alkyl halides is 1. The predicted molar refractivity (Wildman–Crippen MR) is 68.5 cm³/mol. The molecular formula is C10H10Br2N2. The van der Waals surface area contributed by atoms with Gasteiger partial charge in [0.25, 0.3) is 0 Å². The lowest BCUT2D eigenvalue weighted by Crippen LogP contribution is -1.89. The highest BCUT2D eigenvalue weighted by molar-refractivity contribution is 9.12. The second-order valence-electron chi connectivity index (χ2n) is 2.65. The summed E-state index contributed by atoms with van der Waals surface area (Å²) in [7, 11) is 0. The van der Waals surface area contributed by atoms with Crippen LogP contribution < -0.4 is 5.32 Å². The zero-order valence-electron chi connectivity index (χ0n) is 7.43. The first-order valence-corrected chi connectivity index (χ1v) is 5.95. The van der Waals surface area contributed by atoms with Crippen molar-refractivity contribution in [1.29, 1.82) is 5.41 Å². The van der Waals surface area contributed by atoms with E-state index in [1.165, 1.54) is 11.8 Å². The summed E-state index contributed by atoms with van der Waals surface area (Å²) in [6.07, 6.45) is 2.97. The Hall–Kier alpha value is -0.610. The molecule has 4 heteroatoms. The fourth-order valence-corrected chi connectivity index (χ4v) is 1.37. The molecule has 0 radical (unpaired) electrons. The van der Waals surface area contributed by atoms with Gasteiger partial charge in [0.1, 0.15) is 0 Å². The van der Waals surface area contributed by atoms with E-state index in [1.807, 2.05) is 24.3 Å². The van der Waals surface area contributed by atoms with Gasteiger partial charge in [0.05, 0.1) is 4.48 Å². The molecule has 0 unspecified atom stereocenters. The molecule has 0 bridgehead atoms. The number of nitrogens with one attached hydrogen (secondary N) is 2. The number of hydrogen-bond donors (Lipinski definition) is 2. The van der Waals surface area contributed by atoms with Gasteiger partial charge in [0.15, 0.2) is 0 Å². The molecule has 0 heterocycles. The summed E-state index contributed by atoms with van der Waals surface area (Å²) in [5, 5.41) is 10.9. The molecule has 0 aromatic heterocycles. The van der Waals surface area contributed by atoms with E-state index in [2.05, 4.69) is 37.2 Å². The highest BCUT2D eigenvalue weighted by Gasteiger charge is 1.91. The van der Waals surface area contributed by atoms with Crippen molar-refractivity contribution in [3.63, 3.8) is 0 Å². The fourth-order valence-electron chi connectivity index (χ4n) is 0.884. The molecule has 1 aromatic carbocycles. The van der Waals surface area contributed by atoms with Crippen LogP contribution in [0.1, 0.15) is 5.56 Å². The quantitative estimate of drug-likeness (QED) is 0.641. The van der Waals surface area contributed by atoms with Crippen molar-refractivity contribution in [2.75, 3.05) is 5.32 Å². The lowest BCUT2D eigenvalue weighted by molar-refractivity contribution is 1.43. The highest BCUT2D eigenvalue weighted by Crippen LogP contribution is 2.12. The van der Waals surface area contributed by atoms with Gasteiger partial charge < -0.3 is 10.7 Å². The number of allylic oxidation sites excluding steroid dienone is 1. The van der Waals surface area contributed by atoms with Crippen LogP contribution in [0.4, 0.5) is 5.69 Å². The summed E-state index contributed by atoms with van der Waals surface area (Å²) in [5.74, 6) is 0. The average Bonchev–Trinajstić information content (AvgIpc) is 2.26. The molecule has 0 aliphatic carbocycles. The van der Waals surface area contributed by atoms with E-state index in [4.69, 9.17) is 5.41 Å². The van der Waals surface area contributed by atoms with Gasteiger partial charge in [-0.2, -0.15) is 0 Å². The molecule has 14 heavy (non-hydrogen) atoms. The Morgan fingerprint density at radius 2 is 2.00 bits per heavy atom. The van der Waals surface area contributed by atoms with Crippen molar-refractivity contribution in [3.8, 4) is 0 Å². The molecule has 1 rings (SSSR count). The van der Waals surface area contributed by atoms with Crippen LogP contribution >= 0.6 is 31.9 Å². The van der Waals surface area contributed by atoms with Crippen molar-refractivity contribution in [3.05, 3.63) is 40.5 Å². The molecule has 0 aliphatic heterocycles. The first kappa shape index (κ1) is 11.5. The van der Waals surface area contributed by atoms with Crippen LogP contribution in [0.15, 0.2) is 34.9 Å². The third-order valence-electron chi connectivity index (χ3n) is 1.62. The number of benzene rings is 1. The minimum atomic E-state index is 0.710. The van der Waals surface area contributed by atoms with Gasteiger partial charge in [0.2, 0.25) is 0 Å². The van der Waals surface area contributed by atoms with E-state index in [0.29, 0.717) is 4.48 Å². The number of halogens is 2. The van der Waals surface area contributed by atoms with Gasteiger partial charge in [-0.15, -0.1) is 0 Å². The van der Waals surface area contributed by atoms with Crippen LogP contribution in [0.3, 0.4) is 0 Å². The highest BCUT2D eigenvalue weighted by atomic mass is 79.9. The van der Waals surface area contributed by atoms with E-state index < -0.39 is 0 Å². The Morgan fingerprint density at radius 1 is 1.36 bits per heavy atom. The van der Waals surface area contributed by atoms with E-state index in [0.717, 1.165) is 11.0 Å². The van der Waals surface area contributed by atoms with Gasteiger partial charge in [-0.1, -0.05) is 28.1 Å². The van der Waals surface area contributed by atoms with Crippen molar-refractivity contribution in [1.82, 2.24) is 0 Å². The maximum atomic E-state index is 6.95. The molecule has 2 N–H and O–H groups in total. The molecule has 0 saturated heterocycles. The van der Waals surface area contributed by atoms with E-state index in [9.17, 15) is 0 Å². The van der Waals surface area contributed by atoms with E-state index >= 15 is 0 Å². The zero-order valence-corrected chi connectivity index (χ0v) is 10.6. The smallest absolute Gasteiger partial charge is 0.0511 e. The third-order valence-corrected chi connectivity index (χ3v) is 2.73. The van der Waals surface area contributed by atoms with Crippen LogP contribution in [0.25, 0.3) is 0 Å². The van der Waals surface area contributed by atoms with Crippen LogP contribution in [-0.4, -0.2) is 6.21 Å². The summed E-state index contributed by atoms with van der Waals surface area (Å²) in [6.45, 7) is 0. The molecular weight excluding hydrogens is 308 g/mol. The molecule has 0 fully saturated rings. The van der Waals surface area contributed by atoms with E-state index in [1.54, 1.807) is 6.20 Å². The SMILES string of the molecule is N=C/C(Br)=C\Nc1ccc(CBr)cc1. The standard InChI is InChI=1S/C10H10Br2N2/c11-5-8-1-3-10(4-2-8)14-7-9(12)6-13/h1-4,6-7,13-14H,5H2/b9-7+,13-6?. The van der Waals surface area contributed by atoms with Crippen LogP contribution in [0, 0.1) is 5.41 Å². The van der Waals surface area contributed by atoms with E-state index in [-0.39, 0.29) is 0 Å². The first-order chi connectivity index (χ1) is 6.76. The van der Waals surface area contributed by atoms with Crippen molar-refractivity contribution >= 4 is 43.8 Å². The van der Waals surface area contributed by atoms with Crippen molar-refractivity contribution < 1.29 is 0 Å². The minimum Gasteiger partial charge on any atom is -0.361 e. The average molecular weight is 318 g/mol. The van der Waals surface area contributed by atoms with Crippen LogP contribution in [0.5, 0.6) is 0 Å². The summed E-state index contributed by atoms with van der Waals surface area (Å²) in [5.41, 5.74) is 2.25. The van der Waals surface area contributed by atoms with Gasteiger partial charge in [-0.25, -0.2) is 0 Å². The predicted octanol–water partition coefficient (Wildman–Crippen LogP) is 3.88. The molecule has 0 saturated carbocycles. The molecule has 2 nitrogen and oxygen atoms in total. The number of hydrogen-bond acceptors (Lipinski definition) is 2. The first-order valence-electron chi connectivity index (χ1n) is 4.04. The number of rotatable bonds is 4. The monoisotopic (exact) mass is 316 g/mol. The van der Waals surface area contributed by atoms with Crippen LogP contribution in [0.2, 0.25) is 0 Å². The summed E-state index contributed by atoms with van der Waals surface area (Å²) < 4.78 is 0.710. The summed E-state index contributed by atoms with van der Waals surface area (Å²) >= 11 is 6.60. The Morgan fingerprint density at radius 3 is 2.50 bits per heavy atom. The Labute approximate surface area is 100 Å². The van der Waals surface area contributed by atoms with Crippen molar-refractivity contribution in [2.24, 2.45) is 0 Å². The topological polar surface area (TPSA) is 35.9 Å². The normalized spacial score (nSPS) is 11.1. The lowest BCUT2D eigenvalue weighted by atomic mass is 10.2. The lowest BCUT2D eigenvalue weighted by Gasteiger charge is -2.01. The second kappa shape index (κ2) is 5.98. The Balaban J connectivity index is 2.64. The third kappa shape index (κ3) is 3.64. The Kier molecular flexibility index (Phi) is 4.90. The molecule has 0 aliphatic rings. The van der Waals surface area contributed by atoms with Gasteiger partial charge in [0, 0.05) is 23.4 Å². The largest absolute Gasteiger partial charge is 0.361 e. The maximum absolute atomic E-state index is 6.95.